The summed E-state index contributed by atoms with van der Waals surface area (Å²) in [6.07, 6.45) is 1.77. The van der Waals surface area contributed by atoms with E-state index in [1.54, 1.807) is 23.0 Å². The third-order valence-corrected chi connectivity index (χ3v) is 0.869. The van der Waals surface area contributed by atoms with E-state index in [1.807, 2.05) is 5.38 Å². The SMILES string of the molecule is [Zn].[Zn].c1cscn1. The summed E-state index contributed by atoms with van der Waals surface area (Å²) in [6, 6.07) is 0. The van der Waals surface area contributed by atoms with Gasteiger partial charge in [0.2, 0.25) is 0 Å². The monoisotopic (exact) mass is 213 g/mol. The van der Waals surface area contributed by atoms with Crippen LogP contribution in [0.3, 0.4) is 0 Å². The van der Waals surface area contributed by atoms with Gasteiger partial charge in [0.15, 0.2) is 0 Å². The van der Waals surface area contributed by atoms with Crippen LogP contribution in [0.1, 0.15) is 0 Å². The summed E-state index contributed by atoms with van der Waals surface area (Å²) in [7, 11) is 0. The van der Waals surface area contributed by atoms with Crippen molar-refractivity contribution < 1.29 is 39.0 Å². The van der Waals surface area contributed by atoms with Crippen molar-refractivity contribution >= 4 is 11.3 Å². The van der Waals surface area contributed by atoms with Gasteiger partial charge >= 0.3 is 0 Å². The van der Waals surface area contributed by atoms with Gasteiger partial charge < -0.3 is 0 Å². The molecule has 0 amide bonds. The molecule has 1 heterocycles. The van der Waals surface area contributed by atoms with Crippen LogP contribution in [0.15, 0.2) is 17.1 Å². The maximum absolute atomic E-state index is 3.74. The number of hydrogen-bond acceptors (Lipinski definition) is 2. The van der Waals surface area contributed by atoms with Crippen molar-refractivity contribution in [2.24, 2.45) is 0 Å². The molecular weight excluding hydrogens is 213 g/mol. The molecule has 30 valence electrons. The zero-order valence-electron chi connectivity index (χ0n) is 4.00. The number of aromatic nitrogens is 1. The molecule has 0 aliphatic rings. The van der Waals surface area contributed by atoms with Crippen molar-refractivity contribution in [1.29, 1.82) is 0 Å². The molecule has 0 saturated heterocycles. The zero-order valence-corrected chi connectivity index (χ0v) is 10.8. The van der Waals surface area contributed by atoms with E-state index in [9.17, 15) is 0 Å². The summed E-state index contributed by atoms with van der Waals surface area (Å²) in [5.74, 6) is 0. The van der Waals surface area contributed by atoms with Crippen molar-refractivity contribution in [2.75, 3.05) is 0 Å². The number of thiazole rings is 1. The normalized spacial score (nSPS) is 5.71. The van der Waals surface area contributed by atoms with Crippen molar-refractivity contribution in [3.63, 3.8) is 0 Å². The summed E-state index contributed by atoms with van der Waals surface area (Å²) < 4.78 is 0. The summed E-state index contributed by atoms with van der Waals surface area (Å²) in [6.45, 7) is 0. The van der Waals surface area contributed by atoms with E-state index in [2.05, 4.69) is 4.98 Å². The second-order valence-electron chi connectivity index (χ2n) is 0.676. The molecule has 0 spiro atoms. The molecule has 0 bridgehead atoms. The molecule has 1 aromatic rings. The standard InChI is InChI=1S/C3H3NS.2Zn/c1-2-5-3-4-1;;/h1-3H;;. The Morgan fingerprint density at radius 2 is 2.00 bits per heavy atom. The van der Waals surface area contributed by atoms with Gasteiger partial charge in [-0.2, -0.15) is 0 Å². The first-order valence-electron chi connectivity index (χ1n) is 1.32. The fourth-order valence-electron chi connectivity index (χ4n) is 0.176. The van der Waals surface area contributed by atoms with Gasteiger partial charge in [0.05, 0.1) is 5.51 Å². The molecule has 0 aromatic carbocycles. The second-order valence-corrected chi connectivity index (χ2v) is 1.43. The first kappa shape index (κ1) is 10.8. The van der Waals surface area contributed by atoms with Crippen molar-refractivity contribution in [2.45, 2.75) is 0 Å². The predicted molar refractivity (Wildman–Crippen MR) is 22.1 cm³/mol. The van der Waals surface area contributed by atoms with E-state index in [-0.39, 0.29) is 39.0 Å². The maximum Gasteiger partial charge on any atom is 0.0791 e. The van der Waals surface area contributed by atoms with Crippen LogP contribution in [0.5, 0.6) is 0 Å². The minimum atomic E-state index is 0. The molecule has 1 aromatic heterocycles. The molecule has 0 atom stereocenters. The van der Waals surface area contributed by atoms with Crippen LogP contribution in [-0.2, 0) is 39.0 Å². The first-order valence-corrected chi connectivity index (χ1v) is 2.26. The molecule has 1 nitrogen and oxygen atoms in total. The molecule has 0 radical (unpaired) electrons. The largest absolute Gasteiger partial charge is 0.253 e. The average Bonchev–Trinajstić information content (AvgIpc) is 1.76. The summed E-state index contributed by atoms with van der Waals surface area (Å²) in [5, 5.41) is 1.93. The van der Waals surface area contributed by atoms with Crippen LogP contribution < -0.4 is 0 Å². The Balaban J connectivity index is 0. The quantitative estimate of drug-likeness (QED) is 0.592. The van der Waals surface area contributed by atoms with Gasteiger partial charge in [-0.15, -0.1) is 11.3 Å². The number of rotatable bonds is 0. The fourth-order valence-corrected chi connectivity index (χ4v) is 0.527. The van der Waals surface area contributed by atoms with Crippen LogP contribution in [0, 0.1) is 0 Å². The zero-order chi connectivity index (χ0) is 3.54. The summed E-state index contributed by atoms with van der Waals surface area (Å²) in [5.41, 5.74) is 1.79. The molecule has 0 aliphatic carbocycles. The molecule has 0 fully saturated rings. The van der Waals surface area contributed by atoms with E-state index in [1.165, 1.54) is 0 Å². The van der Waals surface area contributed by atoms with Gasteiger partial charge in [-0.1, -0.05) is 0 Å². The topological polar surface area (TPSA) is 12.9 Å². The maximum atomic E-state index is 3.74. The van der Waals surface area contributed by atoms with Gasteiger partial charge in [-0.3, -0.25) is 4.98 Å². The molecule has 0 saturated carbocycles. The van der Waals surface area contributed by atoms with Gasteiger partial charge in [0, 0.05) is 50.5 Å². The third kappa shape index (κ3) is 4.74. The second kappa shape index (κ2) is 6.88. The van der Waals surface area contributed by atoms with Crippen LogP contribution >= 0.6 is 11.3 Å². The Hall–Kier alpha value is 0.877. The van der Waals surface area contributed by atoms with Crippen LogP contribution in [0.25, 0.3) is 0 Å². The Morgan fingerprint density at radius 1 is 1.29 bits per heavy atom. The van der Waals surface area contributed by atoms with Gasteiger partial charge in [0.1, 0.15) is 0 Å². The molecule has 0 N–H and O–H groups in total. The number of hydrogen-bond donors (Lipinski definition) is 0. The van der Waals surface area contributed by atoms with Crippen LogP contribution in [0.2, 0.25) is 0 Å². The minimum absolute atomic E-state index is 0. The summed E-state index contributed by atoms with van der Waals surface area (Å²) >= 11 is 1.60. The molecule has 0 aliphatic heterocycles. The van der Waals surface area contributed by atoms with Crippen molar-refractivity contribution in [3.8, 4) is 0 Å². The van der Waals surface area contributed by atoms with Gasteiger partial charge in [-0.05, 0) is 0 Å². The third-order valence-electron chi connectivity index (χ3n) is 0.347. The van der Waals surface area contributed by atoms with E-state index >= 15 is 0 Å². The van der Waals surface area contributed by atoms with E-state index in [0.717, 1.165) is 0 Å². The van der Waals surface area contributed by atoms with Crippen molar-refractivity contribution in [1.82, 2.24) is 4.98 Å². The molecule has 4 heteroatoms. The van der Waals surface area contributed by atoms with E-state index in [0.29, 0.717) is 0 Å². The fraction of sp³-hybridized carbons (Fsp3) is 0. The molecule has 1 rings (SSSR count). The van der Waals surface area contributed by atoms with Crippen molar-refractivity contribution in [3.05, 3.63) is 17.1 Å². The Bertz CT molecular complexity index is 69.4. The average molecular weight is 216 g/mol. The van der Waals surface area contributed by atoms with Crippen LogP contribution in [-0.4, -0.2) is 4.98 Å². The smallest absolute Gasteiger partial charge is 0.0791 e. The summed E-state index contributed by atoms with van der Waals surface area (Å²) in [4.78, 5) is 3.74. The Morgan fingerprint density at radius 3 is 2.14 bits per heavy atom. The Kier molecular flexibility index (Phi) is 10.6. The molecular formula is C3H3NSZn2. The molecule has 7 heavy (non-hydrogen) atoms. The first-order chi connectivity index (χ1) is 2.50. The number of nitrogens with zero attached hydrogens (tertiary/aromatic N) is 1. The Labute approximate surface area is 72.1 Å². The van der Waals surface area contributed by atoms with Gasteiger partial charge in [0.25, 0.3) is 0 Å². The van der Waals surface area contributed by atoms with Crippen LogP contribution in [0.4, 0.5) is 0 Å². The van der Waals surface area contributed by atoms with Gasteiger partial charge in [-0.25, -0.2) is 0 Å². The molecule has 0 unspecified atom stereocenters. The van der Waals surface area contributed by atoms with E-state index < -0.39 is 0 Å². The van der Waals surface area contributed by atoms with E-state index in [4.69, 9.17) is 0 Å². The predicted octanol–water partition coefficient (Wildman–Crippen LogP) is 1.14. The minimum Gasteiger partial charge on any atom is -0.253 e.